The van der Waals surface area contributed by atoms with E-state index in [0.29, 0.717) is 6.42 Å². The van der Waals surface area contributed by atoms with E-state index in [4.69, 9.17) is 5.11 Å². The monoisotopic (exact) mass is 196 g/mol. The van der Waals surface area contributed by atoms with Crippen LogP contribution < -0.4 is 0 Å². The Balaban J connectivity index is 2.64. The molecule has 0 aromatic carbocycles. The maximum Gasteiger partial charge on any atom is 0.303 e. The van der Waals surface area contributed by atoms with Crippen molar-refractivity contribution in [2.24, 2.45) is 7.05 Å². The number of hydrogen-bond acceptors (Lipinski definition) is 2. The number of aromatic nitrogens is 2. The number of aliphatic carboxylic acids is 1. The molecule has 0 saturated carbocycles. The van der Waals surface area contributed by atoms with Crippen LogP contribution in [0.4, 0.5) is 0 Å². The van der Waals surface area contributed by atoms with Crippen molar-refractivity contribution in [1.29, 1.82) is 0 Å². The highest BCUT2D eigenvalue weighted by molar-refractivity contribution is 5.66. The molecule has 4 heteroatoms. The van der Waals surface area contributed by atoms with Crippen LogP contribution in [0.5, 0.6) is 0 Å². The Labute approximate surface area is 83.6 Å². The third-order valence-electron chi connectivity index (χ3n) is 2.25. The average Bonchev–Trinajstić information content (AvgIpc) is 2.46. The van der Waals surface area contributed by atoms with Gasteiger partial charge in [-0.3, -0.25) is 4.79 Å². The Morgan fingerprint density at radius 1 is 1.57 bits per heavy atom. The average molecular weight is 196 g/mol. The van der Waals surface area contributed by atoms with E-state index in [1.165, 1.54) is 5.69 Å². The quantitative estimate of drug-likeness (QED) is 0.774. The lowest BCUT2D eigenvalue weighted by Gasteiger charge is -2.03. The van der Waals surface area contributed by atoms with E-state index in [1.54, 1.807) is 0 Å². The van der Waals surface area contributed by atoms with Crippen LogP contribution in [0, 0.1) is 0 Å². The third kappa shape index (κ3) is 2.58. The van der Waals surface area contributed by atoms with Crippen molar-refractivity contribution >= 4 is 5.97 Å². The van der Waals surface area contributed by atoms with E-state index in [1.807, 2.05) is 17.8 Å². The summed E-state index contributed by atoms with van der Waals surface area (Å²) in [5.74, 6) is 0.0842. The molecular formula is C10H16N2O2. The molecule has 1 aromatic heterocycles. The molecule has 4 nitrogen and oxygen atoms in total. The van der Waals surface area contributed by atoms with Gasteiger partial charge in [-0.25, -0.2) is 4.98 Å². The maximum atomic E-state index is 10.4. The topological polar surface area (TPSA) is 55.1 Å². The summed E-state index contributed by atoms with van der Waals surface area (Å²) in [6.07, 6.45) is 4.57. The van der Waals surface area contributed by atoms with Gasteiger partial charge in [0.1, 0.15) is 5.82 Å². The smallest absolute Gasteiger partial charge is 0.303 e. The second kappa shape index (κ2) is 4.79. The SMILES string of the molecule is CCCc1cnc(CCC(=O)O)n1C. The molecule has 1 aromatic rings. The van der Waals surface area contributed by atoms with E-state index < -0.39 is 5.97 Å². The molecule has 0 unspecified atom stereocenters. The van der Waals surface area contributed by atoms with Gasteiger partial charge in [-0.05, 0) is 6.42 Å². The molecule has 78 valence electrons. The summed E-state index contributed by atoms with van der Waals surface area (Å²) in [6, 6.07) is 0. The fraction of sp³-hybridized carbons (Fsp3) is 0.600. The predicted molar refractivity (Wildman–Crippen MR) is 53.2 cm³/mol. The van der Waals surface area contributed by atoms with Crippen molar-refractivity contribution in [3.05, 3.63) is 17.7 Å². The molecule has 0 saturated heterocycles. The number of carbonyl (C=O) groups is 1. The largest absolute Gasteiger partial charge is 0.481 e. The predicted octanol–water partition coefficient (Wildman–Crippen LogP) is 1.39. The molecule has 1 heterocycles. The van der Waals surface area contributed by atoms with Gasteiger partial charge in [-0.1, -0.05) is 13.3 Å². The molecule has 0 aliphatic heterocycles. The second-order valence-electron chi connectivity index (χ2n) is 3.37. The molecule has 0 atom stereocenters. The summed E-state index contributed by atoms with van der Waals surface area (Å²) in [7, 11) is 1.94. The van der Waals surface area contributed by atoms with Gasteiger partial charge in [-0.15, -0.1) is 0 Å². The Morgan fingerprint density at radius 2 is 2.29 bits per heavy atom. The molecule has 1 rings (SSSR count). The Hall–Kier alpha value is -1.32. The summed E-state index contributed by atoms with van der Waals surface area (Å²) < 4.78 is 1.99. The molecule has 14 heavy (non-hydrogen) atoms. The van der Waals surface area contributed by atoms with Gasteiger partial charge in [0.2, 0.25) is 0 Å². The molecule has 1 N–H and O–H groups in total. The van der Waals surface area contributed by atoms with E-state index in [2.05, 4.69) is 11.9 Å². The summed E-state index contributed by atoms with van der Waals surface area (Å²) in [5.41, 5.74) is 1.17. The van der Waals surface area contributed by atoms with Gasteiger partial charge in [0, 0.05) is 25.4 Å². The first-order valence-electron chi connectivity index (χ1n) is 4.86. The lowest BCUT2D eigenvalue weighted by atomic mass is 10.2. The van der Waals surface area contributed by atoms with Crippen LogP contribution in [-0.2, 0) is 24.7 Å². The first kappa shape index (κ1) is 10.8. The number of carboxylic acids is 1. The van der Waals surface area contributed by atoms with Crippen LogP contribution >= 0.6 is 0 Å². The van der Waals surface area contributed by atoms with Crippen molar-refractivity contribution in [2.75, 3.05) is 0 Å². The molecule has 0 aliphatic rings. The lowest BCUT2D eigenvalue weighted by molar-refractivity contribution is -0.137. The number of carboxylic acid groups (broad SMARTS) is 1. The Kier molecular flexibility index (Phi) is 3.68. The van der Waals surface area contributed by atoms with E-state index >= 15 is 0 Å². The van der Waals surface area contributed by atoms with Gasteiger partial charge in [0.15, 0.2) is 0 Å². The molecule has 0 spiro atoms. The van der Waals surface area contributed by atoms with Crippen LogP contribution in [-0.4, -0.2) is 20.6 Å². The van der Waals surface area contributed by atoms with Gasteiger partial charge in [0.05, 0.1) is 6.42 Å². The highest BCUT2D eigenvalue weighted by Crippen LogP contribution is 2.07. The summed E-state index contributed by atoms with van der Waals surface area (Å²) in [6.45, 7) is 2.12. The fourth-order valence-electron chi connectivity index (χ4n) is 1.43. The minimum absolute atomic E-state index is 0.149. The van der Waals surface area contributed by atoms with Gasteiger partial charge >= 0.3 is 5.97 Å². The van der Waals surface area contributed by atoms with Crippen LogP contribution in [0.1, 0.15) is 31.3 Å². The molecule has 0 fully saturated rings. The van der Waals surface area contributed by atoms with E-state index in [0.717, 1.165) is 18.7 Å². The lowest BCUT2D eigenvalue weighted by Crippen LogP contribution is -2.05. The third-order valence-corrected chi connectivity index (χ3v) is 2.25. The Bertz CT molecular complexity index is 318. The van der Waals surface area contributed by atoms with Crippen molar-refractivity contribution in [3.63, 3.8) is 0 Å². The normalized spacial score (nSPS) is 10.4. The fourth-order valence-corrected chi connectivity index (χ4v) is 1.43. The van der Waals surface area contributed by atoms with Crippen LogP contribution in [0.3, 0.4) is 0 Å². The summed E-state index contributed by atoms with van der Waals surface area (Å²) in [5, 5.41) is 8.54. The number of imidazole rings is 1. The second-order valence-corrected chi connectivity index (χ2v) is 3.37. The van der Waals surface area contributed by atoms with E-state index in [9.17, 15) is 4.79 Å². The van der Waals surface area contributed by atoms with Crippen LogP contribution in [0.15, 0.2) is 6.20 Å². The number of aryl methyl sites for hydroxylation is 2. The van der Waals surface area contributed by atoms with Crippen molar-refractivity contribution in [1.82, 2.24) is 9.55 Å². The Morgan fingerprint density at radius 3 is 2.86 bits per heavy atom. The number of rotatable bonds is 5. The zero-order valence-electron chi connectivity index (χ0n) is 8.66. The minimum atomic E-state index is -0.773. The molecule has 0 radical (unpaired) electrons. The highest BCUT2D eigenvalue weighted by atomic mass is 16.4. The number of nitrogens with zero attached hydrogens (tertiary/aromatic N) is 2. The van der Waals surface area contributed by atoms with Gasteiger partial charge < -0.3 is 9.67 Å². The number of hydrogen-bond donors (Lipinski definition) is 1. The summed E-state index contributed by atoms with van der Waals surface area (Å²) in [4.78, 5) is 14.6. The molecule has 0 amide bonds. The zero-order valence-corrected chi connectivity index (χ0v) is 8.66. The highest BCUT2D eigenvalue weighted by Gasteiger charge is 2.07. The van der Waals surface area contributed by atoms with E-state index in [-0.39, 0.29) is 6.42 Å². The zero-order chi connectivity index (χ0) is 10.6. The first-order valence-corrected chi connectivity index (χ1v) is 4.86. The standard InChI is InChI=1S/C10H16N2O2/c1-3-4-8-7-11-9(12(8)2)5-6-10(13)14/h7H,3-6H2,1-2H3,(H,13,14). The first-order chi connectivity index (χ1) is 6.65. The maximum absolute atomic E-state index is 10.4. The van der Waals surface area contributed by atoms with Gasteiger partial charge in [0.25, 0.3) is 0 Å². The molecule has 0 aliphatic carbocycles. The minimum Gasteiger partial charge on any atom is -0.481 e. The van der Waals surface area contributed by atoms with Gasteiger partial charge in [-0.2, -0.15) is 0 Å². The van der Waals surface area contributed by atoms with Crippen molar-refractivity contribution in [2.45, 2.75) is 32.6 Å². The molecular weight excluding hydrogens is 180 g/mol. The molecule has 0 bridgehead atoms. The van der Waals surface area contributed by atoms with Crippen molar-refractivity contribution < 1.29 is 9.90 Å². The van der Waals surface area contributed by atoms with Crippen LogP contribution in [0.2, 0.25) is 0 Å². The van der Waals surface area contributed by atoms with Crippen LogP contribution in [0.25, 0.3) is 0 Å². The van der Waals surface area contributed by atoms with Crippen molar-refractivity contribution in [3.8, 4) is 0 Å². The summed E-state index contributed by atoms with van der Waals surface area (Å²) >= 11 is 0.